The fourth-order valence-corrected chi connectivity index (χ4v) is 5.08. The van der Waals surface area contributed by atoms with Crippen LogP contribution >= 0.6 is 23.1 Å². The second-order valence-electron chi connectivity index (χ2n) is 6.60. The van der Waals surface area contributed by atoms with E-state index in [-0.39, 0.29) is 12.0 Å². The van der Waals surface area contributed by atoms with Crippen molar-refractivity contribution in [2.45, 2.75) is 36.0 Å². The molecule has 0 aliphatic carbocycles. The van der Waals surface area contributed by atoms with Crippen LogP contribution in [-0.2, 0) is 10.5 Å². The maximum Gasteiger partial charge on any atom is 0.289 e. The molecule has 4 rings (SSSR count). The second kappa shape index (κ2) is 8.00. The molecule has 1 unspecified atom stereocenters. The molecule has 0 bridgehead atoms. The number of carbonyl (C=O) groups excluding carboxylic acids is 1. The van der Waals surface area contributed by atoms with Crippen LogP contribution < -0.4 is 0 Å². The number of nitrogens with zero attached hydrogens (tertiary/aromatic N) is 3. The number of fused-ring (bicyclic) bond motifs is 1. The summed E-state index contributed by atoms with van der Waals surface area (Å²) in [5, 5.41) is 10.1. The molecule has 8 heteroatoms. The van der Waals surface area contributed by atoms with Crippen molar-refractivity contribution in [3.05, 3.63) is 40.6 Å². The maximum absolute atomic E-state index is 13.1. The zero-order chi connectivity index (χ0) is 18.8. The zero-order valence-electron chi connectivity index (χ0n) is 15.3. The largest absolute Gasteiger partial charge is 0.451 e. The number of hydrogen-bond acceptors (Lipinski definition) is 7. The Morgan fingerprint density at radius 1 is 1.37 bits per heavy atom. The first-order valence-electron chi connectivity index (χ1n) is 8.92. The van der Waals surface area contributed by atoms with Gasteiger partial charge in [-0.1, -0.05) is 41.3 Å². The minimum absolute atomic E-state index is 0.106. The molecule has 1 aliphatic heterocycles. The number of ether oxygens (including phenoxy) is 1. The molecular formula is C19H21N3O3S2. The van der Waals surface area contributed by atoms with Crippen LogP contribution in [0.2, 0.25) is 0 Å². The maximum atomic E-state index is 13.1. The van der Waals surface area contributed by atoms with Crippen LogP contribution in [0.1, 0.15) is 34.0 Å². The van der Waals surface area contributed by atoms with E-state index in [9.17, 15) is 4.79 Å². The predicted octanol–water partition coefficient (Wildman–Crippen LogP) is 4.14. The van der Waals surface area contributed by atoms with Crippen LogP contribution in [0.4, 0.5) is 0 Å². The smallest absolute Gasteiger partial charge is 0.289 e. The van der Waals surface area contributed by atoms with Gasteiger partial charge in [0.25, 0.3) is 5.91 Å². The Labute approximate surface area is 165 Å². The minimum Gasteiger partial charge on any atom is -0.451 e. The monoisotopic (exact) mass is 403 g/mol. The van der Waals surface area contributed by atoms with E-state index >= 15 is 0 Å². The molecule has 142 valence electrons. The van der Waals surface area contributed by atoms with Crippen molar-refractivity contribution in [2.24, 2.45) is 0 Å². The van der Waals surface area contributed by atoms with Gasteiger partial charge in [-0.2, -0.15) is 0 Å². The van der Waals surface area contributed by atoms with E-state index in [4.69, 9.17) is 9.15 Å². The third-order valence-electron chi connectivity index (χ3n) is 4.59. The van der Waals surface area contributed by atoms with E-state index in [1.165, 1.54) is 0 Å². The highest BCUT2D eigenvalue weighted by atomic mass is 32.2. The van der Waals surface area contributed by atoms with Crippen LogP contribution in [-0.4, -0.2) is 47.3 Å². The summed E-state index contributed by atoms with van der Waals surface area (Å²) >= 11 is 3.13. The molecule has 1 aromatic carbocycles. The number of amides is 1. The molecule has 1 fully saturated rings. The first-order chi connectivity index (χ1) is 13.1. The Bertz CT molecular complexity index is 947. The molecule has 0 radical (unpaired) electrons. The van der Waals surface area contributed by atoms with E-state index < -0.39 is 0 Å². The Kier molecular flexibility index (Phi) is 5.47. The van der Waals surface area contributed by atoms with E-state index in [1.807, 2.05) is 38.2 Å². The molecule has 1 saturated heterocycles. The average molecular weight is 404 g/mol. The number of para-hydroxylation sites is 1. The number of furan rings is 1. The van der Waals surface area contributed by atoms with Gasteiger partial charge in [-0.3, -0.25) is 4.79 Å². The molecule has 1 atom stereocenters. The predicted molar refractivity (Wildman–Crippen MR) is 106 cm³/mol. The highest BCUT2D eigenvalue weighted by Crippen LogP contribution is 2.33. The Balaban J connectivity index is 1.59. The van der Waals surface area contributed by atoms with Gasteiger partial charge in [0.1, 0.15) is 10.6 Å². The highest BCUT2D eigenvalue weighted by Gasteiger charge is 2.26. The van der Waals surface area contributed by atoms with Crippen molar-refractivity contribution in [2.75, 3.05) is 20.2 Å². The summed E-state index contributed by atoms with van der Waals surface area (Å²) in [4.78, 5) is 14.8. The van der Waals surface area contributed by atoms with Crippen molar-refractivity contribution in [3.8, 4) is 0 Å². The first kappa shape index (κ1) is 18.5. The van der Waals surface area contributed by atoms with Crippen molar-refractivity contribution in [1.29, 1.82) is 0 Å². The summed E-state index contributed by atoms with van der Waals surface area (Å²) < 4.78 is 12.5. The van der Waals surface area contributed by atoms with Crippen molar-refractivity contribution in [1.82, 2.24) is 15.1 Å². The highest BCUT2D eigenvalue weighted by molar-refractivity contribution is 8.00. The van der Waals surface area contributed by atoms with Gasteiger partial charge in [-0.15, -0.1) is 10.2 Å². The summed E-state index contributed by atoms with van der Waals surface area (Å²) in [6.45, 7) is 3.29. The van der Waals surface area contributed by atoms with Crippen LogP contribution in [0, 0.1) is 6.92 Å². The molecule has 1 aliphatic rings. The SMILES string of the molecule is Cc1nnc(SCc2c(C(=O)N(C)CC3CCCO3)oc3ccccc23)s1. The number of rotatable bonds is 6. The lowest BCUT2D eigenvalue weighted by atomic mass is 10.1. The Hall–Kier alpha value is -1.90. The van der Waals surface area contributed by atoms with Crippen molar-refractivity contribution >= 4 is 40.0 Å². The molecule has 0 saturated carbocycles. The number of hydrogen-bond donors (Lipinski definition) is 0. The van der Waals surface area contributed by atoms with Gasteiger partial charge in [0.05, 0.1) is 6.10 Å². The summed E-state index contributed by atoms with van der Waals surface area (Å²) in [6, 6.07) is 7.78. The van der Waals surface area contributed by atoms with E-state index in [2.05, 4.69) is 10.2 Å². The van der Waals surface area contributed by atoms with Gasteiger partial charge in [0.2, 0.25) is 0 Å². The second-order valence-corrected chi connectivity index (χ2v) is 9.01. The summed E-state index contributed by atoms with van der Waals surface area (Å²) in [5.74, 6) is 0.914. The Morgan fingerprint density at radius 2 is 2.22 bits per heavy atom. The summed E-state index contributed by atoms with van der Waals surface area (Å²) in [6.07, 6.45) is 2.17. The molecule has 6 nitrogen and oxygen atoms in total. The molecule has 0 spiro atoms. The van der Waals surface area contributed by atoms with Gasteiger partial charge in [0.15, 0.2) is 10.1 Å². The number of benzene rings is 1. The fraction of sp³-hybridized carbons (Fsp3) is 0.421. The third-order valence-corrected chi connectivity index (χ3v) is 6.59. The van der Waals surface area contributed by atoms with E-state index in [0.29, 0.717) is 18.1 Å². The quantitative estimate of drug-likeness (QED) is 0.576. The summed E-state index contributed by atoms with van der Waals surface area (Å²) in [5.41, 5.74) is 1.64. The third kappa shape index (κ3) is 4.02. The first-order valence-corrected chi connectivity index (χ1v) is 10.7. The molecule has 3 heterocycles. The van der Waals surface area contributed by atoms with Crippen LogP contribution in [0.15, 0.2) is 33.0 Å². The van der Waals surface area contributed by atoms with Crippen LogP contribution in [0.25, 0.3) is 11.0 Å². The number of likely N-dealkylation sites (N-methyl/N-ethyl adjacent to an activating group) is 1. The van der Waals surface area contributed by atoms with Crippen molar-refractivity contribution < 1.29 is 13.9 Å². The number of carbonyl (C=O) groups is 1. The van der Waals surface area contributed by atoms with Gasteiger partial charge in [0, 0.05) is 36.9 Å². The standard InChI is InChI=1S/C19H21N3O3S2/c1-12-20-21-19(27-12)26-11-15-14-7-3-4-8-16(14)25-17(15)18(23)22(2)10-13-6-5-9-24-13/h3-4,7-8,13H,5-6,9-11H2,1-2H3. The van der Waals surface area contributed by atoms with Crippen LogP contribution in [0.5, 0.6) is 0 Å². The lowest BCUT2D eigenvalue weighted by Gasteiger charge is -2.20. The Morgan fingerprint density at radius 3 is 2.96 bits per heavy atom. The lowest BCUT2D eigenvalue weighted by Crippen LogP contribution is -2.34. The molecule has 0 N–H and O–H groups in total. The molecule has 3 aromatic rings. The topological polar surface area (TPSA) is 68.5 Å². The fourth-order valence-electron chi connectivity index (χ4n) is 3.24. The average Bonchev–Trinajstić information content (AvgIpc) is 3.39. The molecule has 27 heavy (non-hydrogen) atoms. The molecule has 1 amide bonds. The number of aryl methyl sites for hydroxylation is 1. The zero-order valence-corrected chi connectivity index (χ0v) is 16.9. The lowest BCUT2D eigenvalue weighted by molar-refractivity contribution is 0.0564. The molecule has 2 aromatic heterocycles. The number of aromatic nitrogens is 2. The van der Waals surface area contributed by atoms with Crippen LogP contribution in [0.3, 0.4) is 0 Å². The van der Waals surface area contributed by atoms with Gasteiger partial charge < -0.3 is 14.1 Å². The number of thioether (sulfide) groups is 1. The minimum atomic E-state index is -0.106. The van der Waals surface area contributed by atoms with E-state index in [0.717, 1.165) is 45.3 Å². The van der Waals surface area contributed by atoms with Gasteiger partial charge in [-0.05, 0) is 25.8 Å². The van der Waals surface area contributed by atoms with Gasteiger partial charge in [-0.25, -0.2) is 0 Å². The normalized spacial score (nSPS) is 16.9. The molecular weight excluding hydrogens is 382 g/mol. The van der Waals surface area contributed by atoms with Gasteiger partial charge >= 0.3 is 0 Å². The van der Waals surface area contributed by atoms with Crippen molar-refractivity contribution in [3.63, 3.8) is 0 Å². The summed E-state index contributed by atoms with van der Waals surface area (Å²) in [7, 11) is 1.81. The van der Waals surface area contributed by atoms with E-state index in [1.54, 1.807) is 28.0 Å².